The number of phosphoric acid groups is 1. The smallest absolute Gasteiger partial charge is 0.323 e. The van der Waals surface area contributed by atoms with Crippen molar-refractivity contribution in [2.45, 2.75) is 6.61 Å². The van der Waals surface area contributed by atoms with Gasteiger partial charge < -0.3 is 14.7 Å². The summed E-state index contributed by atoms with van der Waals surface area (Å²) in [5, 5.41) is 0. The minimum Gasteiger partial charge on any atom is -0.323 e. The molecule has 0 saturated carbocycles. The van der Waals surface area contributed by atoms with Gasteiger partial charge in [0.2, 0.25) is 0 Å². The lowest BCUT2D eigenvalue weighted by Gasteiger charge is -2.14. The van der Waals surface area contributed by atoms with E-state index in [-0.39, 0.29) is 6.61 Å². The van der Waals surface area contributed by atoms with E-state index in [1.165, 1.54) is 0 Å². The lowest BCUT2D eigenvalue weighted by Crippen LogP contribution is -1.96. The Balaban J connectivity index is 2.41. The first-order valence-corrected chi connectivity index (χ1v) is 8.35. The van der Waals surface area contributed by atoms with E-state index < -0.39 is 14.5 Å². The average Bonchev–Trinajstić information content (AvgIpc) is 2.15. The molecule has 7 nitrogen and oxygen atoms in total. The largest absolute Gasteiger partial charge is 0.476 e. The average molecular weight is 300 g/mol. The summed E-state index contributed by atoms with van der Waals surface area (Å²) in [5.74, 6) is 0. The monoisotopic (exact) mass is 300 g/mol. The summed E-state index contributed by atoms with van der Waals surface area (Å²) in [6, 6.07) is 8.79. The predicted molar refractivity (Wildman–Crippen MR) is 61.9 cm³/mol. The molecular formula is C7H10O7P2S. The van der Waals surface area contributed by atoms with E-state index in [1.54, 1.807) is 30.3 Å². The maximum atomic E-state index is 10.4. The summed E-state index contributed by atoms with van der Waals surface area (Å²) in [4.78, 5) is 30.6. The fourth-order valence-electron chi connectivity index (χ4n) is 0.883. The van der Waals surface area contributed by atoms with E-state index in [0.29, 0.717) is 0 Å². The van der Waals surface area contributed by atoms with Crippen LogP contribution in [0.4, 0.5) is 0 Å². The quantitative estimate of drug-likeness (QED) is 0.412. The second-order valence-electron chi connectivity index (χ2n) is 2.86. The maximum Gasteiger partial charge on any atom is 0.476 e. The summed E-state index contributed by atoms with van der Waals surface area (Å²) in [7, 11) is -4.91. The van der Waals surface area contributed by atoms with E-state index in [4.69, 9.17) is 9.79 Å². The summed E-state index contributed by atoms with van der Waals surface area (Å²) >= 11 is 4.31. The van der Waals surface area contributed by atoms with Gasteiger partial charge >= 0.3 is 14.5 Å². The summed E-state index contributed by atoms with van der Waals surface area (Å²) in [6.07, 6.45) is 0. The van der Waals surface area contributed by atoms with Gasteiger partial charge in [0.15, 0.2) is 0 Å². The van der Waals surface area contributed by atoms with Crippen LogP contribution in [-0.2, 0) is 36.9 Å². The van der Waals surface area contributed by atoms with E-state index >= 15 is 0 Å². The van der Waals surface area contributed by atoms with Crippen LogP contribution >= 0.6 is 14.5 Å². The van der Waals surface area contributed by atoms with Crippen LogP contribution in [0.3, 0.4) is 0 Å². The minimum atomic E-state index is -4.91. The van der Waals surface area contributed by atoms with Crippen LogP contribution in [0.25, 0.3) is 0 Å². The summed E-state index contributed by atoms with van der Waals surface area (Å²) < 4.78 is 18.6. The van der Waals surface area contributed by atoms with Crippen molar-refractivity contribution in [3.8, 4) is 0 Å². The number of hydrogen-bond donors (Lipinski definition) is 3. The van der Waals surface area contributed by atoms with E-state index in [2.05, 4.69) is 25.7 Å². The van der Waals surface area contributed by atoms with Gasteiger partial charge in [-0.05, 0) is 17.4 Å². The van der Waals surface area contributed by atoms with Crippen molar-refractivity contribution < 1.29 is 33.1 Å². The highest BCUT2D eigenvalue weighted by atomic mass is 32.5. The maximum absolute atomic E-state index is 10.4. The van der Waals surface area contributed by atoms with Gasteiger partial charge in [0.05, 0.1) is 0 Å². The van der Waals surface area contributed by atoms with Gasteiger partial charge in [-0.1, -0.05) is 30.3 Å². The molecule has 1 unspecified atom stereocenters. The normalized spacial score (nSPS) is 15.5. The molecular weight excluding hydrogens is 290 g/mol. The molecule has 0 fully saturated rings. The van der Waals surface area contributed by atoms with Gasteiger partial charge in [-0.15, -0.1) is 4.67 Å². The van der Waals surface area contributed by atoms with Gasteiger partial charge in [-0.2, -0.15) is 0 Å². The molecule has 1 rings (SSSR count). The first-order valence-electron chi connectivity index (χ1n) is 4.23. The van der Waals surface area contributed by atoms with Crippen molar-refractivity contribution in [1.82, 2.24) is 0 Å². The number of rotatable bonds is 6. The van der Waals surface area contributed by atoms with Crippen LogP contribution in [0.2, 0.25) is 0 Å². The summed E-state index contributed by atoms with van der Waals surface area (Å²) in [6.45, 7) is -4.14. The van der Waals surface area contributed by atoms with Gasteiger partial charge in [0.1, 0.15) is 6.61 Å². The third-order valence-electron chi connectivity index (χ3n) is 1.42. The standard InChI is InChI=1S/C7H10O7P2S/c8-15(9,10)14-16(11,17)13-12-6-7-4-2-1-3-5-7/h1-5H,6H2,(H,11,17)(H2,8,9,10). The molecule has 0 aliphatic carbocycles. The van der Waals surface area contributed by atoms with Crippen LogP contribution in [0.15, 0.2) is 30.3 Å². The fourth-order valence-corrected chi connectivity index (χ4v) is 3.16. The highest BCUT2D eigenvalue weighted by Crippen LogP contribution is 2.57. The molecule has 1 aromatic rings. The molecule has 96 valence electrons. The molecule has 17 heavy (non-hydrogen) atoms. The van der Waals surface area contributed by atoms with Gasteiger partial charge in [0.25, 0.3) is 0 Å². The zero-order valence-corrected chi connectivity index (χ0v) is 11.0. The second kappa shape index (κ2) is 6.15. The van der Waals surface area contributed by atoms with Crippen molar-refractivity contribution in [2.75, 3.05) is 0 Å². The number of hydrogen-bond acceptors (Lipinski definition) is 5. The topological polar surface area (TPSA) is 105 Å². The van der Waals surface area contributed by atoms with Crippen LogP contribution < -0.4 is 0 Å². The molecule has 0 radical (unpaired) electrons. The van der Waals surface area contributed by atoms with Crippen molar-refractivity contribution in [1.29, 1.82) is 0 Å². The molecule has 0 saturated heterocycles. The molecule has 0 aliphatic rings. The van der Waals surface area contributed by atoms with Crippen LogP contribution in [0.5, 0.6) is 0 Å². The first kappa shape index (κ1) is 14.9. The molecule has 0 amide bonds. The lowest BCUT2D eigenvalue weighted by atomic mass is 10.2. The SMILES string of the molecule is O=P(O)(O)OP(O)(=S)OOCc1ccccc1. The van der Waals surface area contributed by atoms with Gasteiger partial charge in [0, 0.05) is 0 Å². The third-order valence-corrected chi connectivity index (χ3v) is 4.18. The third kappa shape index (κ3) is 7.00. The van der Waals surface area contributed by atoms with Gasteiger partial charge in [-0.3, -0.25) is 0 Å². The molecule has 3 N–H and O–H groups in total. The second-order valence-corrected chi connectivity index (χ2v) is 6.97. The Morgan fingerprint density at radius 3 is 2.29 bits per heavy atom. The van der Waals surface area contributed by atoms with Crippen LogP contribution in [0.1, 0.15) is 5.56 Å². The lowest BCUT2D eigenvalue weighted by molar-refractivity contribution is -0.224. The Hall–Kier alpha value is -0.140. The van der Waals surface area contributed by atoms with E-state index in [0.717, 1.165) is 5.56 Å². The van der Waals surface area contributed by atoms with Crippen molar-refractivity contribution >= 4 is 26.3 Å². The van der Waals surface area contributed by atoms with Crippen molar-refractivity contribution in [3.05, 3.63) is 35.9 Å². The molecule has 0 heterocycles. The number of benzene rings is 1. The zero-order chi connectivity index (χ0) is 12.9. The predicted octanol–water partition coefficient (Wildman–Crippen LogP) is 1.46. The molecule has 10 heteroatoms. The van der Waals surface area contributed by atoms with E-state index in [9.17, 15) is 9.46 Å². The Kier molecular flexibility index (Phi) is 5.40. The molecule has 0 spiro atoms. The van der Waals surface area contributed by atoms with Crippen molar-refractivity contribution in [3.63, 3.8) is 0 Å². The molecule has 0 aromatic heterocycles. The van der Waals surface area contributed by atoms with Crippen LogP contribution in [-0.4, -0.2) is 14.7 Å². The Morgan fingerprint density at radius 1 is 1.18 bits per heavy atom. The summed E-state index contributed by atoms with van der Waals surface area (Å²) in [5.41, 5.74) is 0.735. The Morgan fingerprint density at radius 2 is 1.76 bits per heavy atom. The first-order chi connectivity index (χ1) is 7.79. The molecule has 1 atom stereocenters. The molecule has 0 aliphatic heterocycles. The molecule has 0 bridgehead atoms. The Bertz CT molecular complexity index is 445. The zero-order valence-electron chi connectivity index (χ0n) is 8.37. The highest BCUT2D eigenvalue weighted by molar-refractivity contribution is 8.08. The van der Waals surface area contributed by atoms with E-state index in [1.807, 2.05) is 0 Å². The molecule has 1 aromatic carbocycles. The van der Waals surface area contributed by atoms with Crippen LogP contribution in [0, 0.1) is 0 Å². The minimum absolute atomic E-state index is 0.0374. The highest BCUT2D eigenvalue weighted by Gasteiger charge is 2.28. The van der Waals surface area contributed by atoms with Crippen molar-refractivity contribution in [2.24, 2.45) is 0 Å². The Labute approximate surface area is 102 Å². The fraction of sp³-hybridized carbons (Fsp3) is 0.143. The van der Waals surface area contributed by atoms with Gasteiger partial charge in [-0.25, -0.2) is 13.8 Å².